The number of hydrogen-bond acceptors (Lipinski definition) is 5. The first-order valence-electron chi connectivity index (χ1n) is 6.48. The van der Waals surface area contributed by atoms with Crippen molar-refractivity contribution >= 4 is 17.4 Å². The molecule has 1 aromatic rings. The van der Waals surface area contributed by atoms with E-state index in [4.69, 9.17) is 11.5 Å². The Morgan fingerprint density at radius 2 is 2.00 bits per heavy atom. The molecule has 0 aromatic carbocycles. The van der Waals surface area contributed by atoms with Crippen LogP contribution in [0.25, 0.3) is 0 Å². The van der Waals surface area contributed by atoms with E-state index in [1.807, 2.05) is 6.92 Å². The lowest BCUT2D eigenvalue weighted by atomic mass is 10.0. The summed E-state index contributed by atoms with van der Waals surface area (Å²) < 4.78 is 1.25. The van der Waals surface area contributed by atoms with Crippen molar-refractivity contribution in [3.05, 3.63) is 20.8 Å². The van der Waals surface area contributed by atoms with E-state index in [2.05, 4.69) is 10.3 Å². The Balaban J connectivity index is 3.31. The molecule has 6 N–H and O–H groups in total. The standard InChI is InChI=1S/C12H21N5O3/c1-4-5-17-9(13)8(11(19)16-12(17)20)15-7(6(2)3)10(14)18/h6-7,15H,4-5,13H2,1-3H3,(H2,14,18)(H,16,19,20). The van der Waals surface area contributed by atoms with E-state index in [1.165, 1.54) is 4.57 Å². The van der Waals surface area contributed by atoms with E-state index in [1.54, 1.807) is 13.8 Å². The summed E-state index contributed by atoms with van der Waals surface area (Å²) in [5.74, 6) is -0.711. The summed E-state index contributed by atoms with van der Waals surface area (Å²) in [6, 6.07) is -0.744. The summed E-state index contributed by atoms with van der Waals surface area (Å²) >= 11 is 0. The molecule has 0 spiro atoms. The first-order valence-corrected chi connectivity index (χ1v) is 6.48. The third-order valence-corrected chi connectivity index (χ3v) is 2.96. The predicted octanol–water partition coefficient (Wildman–Crippen LogP) is -0.549. The lowest BCUT2D eigenvalue weighted by Crippen LogP contribution is -2.43. The summed E-state index contributed by atoms with van der Waals surface area (Å²) in [6.45, 7) is 5.83. The maximum Gasteiger partial charge on any atom is 0.330 e. The van der Waals surface area contributed by atoms with Crippen molar-refractivity contribution in [2.75, 3.05) is 11.1 Å². The second-order valence-electron chi connectivity index (χ2n) is 4.94. The molecule has 0 bridgehead atoms. The quantitative estimate of drug-likeness (QED) is 0.555. The highest BCUT2D eigenvalue weighted by molar-refractivity contribution is 5.84. The number of carbonyl (C=O) groups is 1. The third kappa shape index (κ3) is 3.19. The van der Waals surface area contributed by atoms with Gasteiger partial charge in [0.1, 0.15) is 17.5 Å². The fourth-order valence-electron chi connectivity index (χ4n) is 1.89. The molecule has 1 rings (SSSR count). The normalized spacial score (nSPS) is 12.4. The number of anilines is 2. The minimum absolute atomic E-state index is 0.00412. The highest BCUT2D eigenvalue weighted by atomic mass is 16.2. The van der Waals surface area contributed by atoms with Gasteiger partial charge in [-0.05, 0) is 12.3 Å². The number of carbonyl (C=O) groups excluding carboxylic acids is 1. The topological polar surface area (TPSA) is 136 Å². The fraction of sp³-hybridized carbons (Fsp3) is 0.583. The van der Waals surface area contributed by atoms with Gasteiger partial charge in [-0.1, -0.05) is 20.8 Å². The van der Waals surface area contributed by atoms with Crippen molar-refractivity contribution in [1.29, 1.82) is 0 Å². The molecular weight excluding hydrogens is 262 g/mol. The molecule has 112 valence electrons. The number of aromatic amines is 1. The molecule has 1 unspecified atom stereocenters. The van der Waals surface area contributed by atoms with Crippen LogP contribution < -0.4 is 28.0 Å². The highest BCUT2D eigenvalue weighted by Crippen LogP contribution is 2.14. The van der Waals surface area contributed by atoms with Crippen molar-refractivity contribution in [2.24, 2.45) is 11.7 Å². The van der Waals surface area contributed by atoms with Crippen LogP contribution in [0.5, 0.6) is 0 Å². The molecule has 0 saturated heterocycles. The van der Waals surface area contributed by atoms with E-state index in [-0.39, 0.29) is 17.4 Å². The zero-order chi connectivity index (χ0) is 15.4. The van der Waals surface area contributed by atoms with Gasteiger partial charge < -0.3 is 16.8 Å². The number of nitrogens with one attached hydrogen (secondary N) is 2. The Morgan fingerprint density at radius 1 is 1.40 bits per heavy atom. The van der Waals surface area contributed by atoms with Crippen LogP contribution in [0.4, 0.5) is 11.5 Å². The Kier molecular flexibility index (Phi) is 4.95. The van der Waals surface area contributed by atoms with Gasteiger partial charge in [-0.15, -0.1) is 0 Å². The molecule has 0 radical (unpaired) electrons. The monoisotopic (exact) mass is 283 g/mol. The van der Waals surface area contributed by atoms with E-state index >= 15 is 0 Å². The first kappa shape index (κ1) is 15.8. The van der Waals surface area contributed by atoms with Gasteiger partial charge in [0.2, 0.25) is 5.91 Å². The average molecular weight is 283 g/mol. The third-order valence-electron chi connectivity index (χ3n) is 2.96. The Bertz CT molecular complexity index is 602. The fourth-order valence-corrected chi connectivity index (χ4v) is 1.89. The molecule has 0 aliphatic carbocycles. The van der Waals surface area contributed by atoms with Crippen molar-refractivity contribution in [2.45, 2.75) is 39.8 Å². The molecular formula is C12H21N5O3. The maximum absolute atomic E-state index is 11.8. The Morgan fingerprint density at radius 3 is 2.45 bits per heavy atom. The minimum Gasteiger partial charge on any atom is -0.383 e. The second-order valence-corrected chi connectivity index (χ2v) is 4.94. The Labute approximate surface area is 116 Å². The number of nitrogen functional groups attached to an aromatic ring is 1. The van der Waals surface area contributed by atoms with Gasteiger partial charge in [0.25, 0.3) is 5.56 Å². The van der Waals surface area contributed by atoms with Crippen molar-refractivity contribution in [1.82, 2.24) is 9.55 Å². The number of nitrogens with two attached hydrogens (primary N) is 2. The van der Waals surface area contributed by atoms with Crippen molar-refractivity contribution in [3.63, 3.8) is 0 Å². The zero-order valence-electron chi connectivity index (χ0n) is 11.9. The number of H-pyrrole nitrogens is 1. The summed E-state index contributed by atoms with van der Waals surface area (Å²) in [7, 11) is 0. The van der Waals surface area contributed by atoms with E-state index < -0.39 is 23.2 Å². The summed E-state index contributed by atoms with van der Waals surface area (Å²) in [6.07, 6.45) is 0.680. The summed E-state index contributed by atoms with van der Waals surface area (Å²) in [4.78, 5) is 37.1. The van der Waals surface area contributed by atoms with Gasteiger partial charge in [0, 0.05) is 6.54 Å². The number of primary amides is 1. The number of rotatable bonds is 6. The predicted molar refractivity (Wildman–Crippen MR) is 77.5 cm³/mol. The minimum atomic E-state index is -0.744. The van der Waals surface area contributed by atoms with Gasteiger partial charge in [-0.2, -0.15) is 0 Å². The smallest absolute Gasteiger partial charge is 0.330 e. The average Bonchev–Trinajstić information content (AvgIpc) is 2.33. The summed E-state index contributed by atoms with van der Waals surface area (Å²) in [5.41, 5.74) is 9.90. The molecule has 1 amide bonds. The summed E-state index contributed by atoms with van der Waals surface area (Å²) in [5, 5.41) is 2.74. The highest BCUT2D eigenvalue weighted by Gasteiger charge is 2.22. The largest absolute Gasteiger partial charge is 0.383 e. The van der Waals surface area contributed by atoms with Crippen LogP contribution in [-0.2, 0) is 11.3 Å². The van der Waals surface area contributed by atoms with Crippen LogP contribution in [0, 0.1) is 5.92 Å². The molecule has 1 heterocycles. The van der Waals surface area contributed by atoms with Gasteiger partial charge in [0.05, 0.1) is 0 Å². The van der Waals surface area contributed by atoms with Crippen LogP contribution in [-0.4, -0.2) is 21.5 Å². The number of aromatic nitrogens is 2. The van der Waals surface area contributed by atoms with Crippen molar-refractivity contribution < 1.29 is 4.79 Å². The van der Waals surface area contributed by atoms with Crippen LogP contribution in [0.1, 0.15) is 27.2 Å². The molecule has 0 saturated carbocycles. The zero-order valence-corrected chi connectivity index (χ0v) is 11.9. The lowest BCUT2D eigenvalue weighted by molar-refractivity contribution is -0.119. The first-order chi connectivity index (χ1) is 9.29. The van der Waals surface area contributed by atoms with Crippen LogP contribution in [0.15, 0.2) is 9.59 Å². The van der Waals surface area contributed by atoms with Gasteiger partial charge >= 0.3 is 5.69 Å². The van der Waals surface area contributed by atoms with Crippen LogP contribution >= 0.6 is 0 Å². The Hall–Kier alpha value is -2.25. The molecule has 0 aliphatic heterocycles. The van der Waals surface area contributed by atoms with Gasteiger partial charge in [0.15, 0.2) is 0 Å². The van der Waals surface area contributed by atoms with Crippen molar-refractivity contribution in [3.8, 4) is 0 Å². The number of amides is 1. The molecule has 20 heavy (non-hydrogen) atoms. The van der Waals surface area contributed by atoms with Crippen LogP contribution in [0.2, 0.25) is 0 Å². The maximum atomic E-state index is 11.8. The van der Waals surface area contributed by atoms with Crippen LogP contribution in [0.3, 0.4) is 0 Å². The molecule has 1 atom stereocenters. The lowest BCUT2D eigenvalue weighted by Gasteiger charge is -2.21. The van der Waals surface area contributed by atoms with E-state index in [9.17, 15) is 14.4 Å². The molecule has 0 aliphatic rings. The molecule has 1 aromatic heterocycles. The number of hydrogen-bond donors (Lipinski definition) is 4. The molecule has 8 nitrogen and oxygen atoms in total. The van der Waals surface area contributed by atoms with E-state index in [0.29, 0.717) is 13.0 Å². The SMILES string of the molecule is CCCn1c(N)c(NC(C(N)=O)C(C)C)c(=O)[nH]c1=O. The number of nitrogens with zero attached hydrogens (tertiary/aromatic N) is 1. The van der Waals surface area contributed by atoms with Gasteiger partial charge in [-0.25, -0.2) is 4.79 Å². The molecule has 0 fully saturated rings. The molecule has 8 heteroatoms. The van der Waals surface area contributed by atoms with Gasteiger partial charge in [-0.3, -0.25) is 19.1 Å². The van der Waals surface area contributed by atoms with E-state index in [0.717, 1.165) is 0 Å². The second kappa shape index (κ2) is 6.27.